The normalized spacial score (nSPS) is 12.5. The van der Waals surface area contributed by atoms with Crippen LogP contribution in [0.5, 0.6) is 0 Å². The Labute approximate surface area is 69.1 Å². The second kappa shape index (κ2) is 3.90. The van der Waals surface area contributed by atoms with Gasteiger partial charge in [0, 0.05) is 0 Å². The Morgan fingerprint density at radius 2 is 2.58 bits per heavy atom. The van der Waals surface area contributed by atoms with E-state index in [1.807, 2.05) is 0 Å². The number of halogens is 1. The molecule has 0 fully saturated rings. The van der Waals surface area contributed by atoms with Crippen LogP contribution in [0.3, 0.4) is 0 Å². The van der Waals surface area contributed by atoms with Crippen molar-refractivity contribution in [2.75, 3.05) is 6.67 Å². The third-order valence-corrected chi connectivity index (χ3v) is 1.25. The molecule has 1 atom stereocenters. The van der Waals surface area contributed by atoms with Crippen molar-refractivity contribution in [3.05, 3.63) is 24.2 Å². The van der Waals surface area contributed by atoms with Crippen LogP contribution in [0.4, 0.5) is 4.39 Å². The number of rotatable bonds is 3. The second-order valence-electron chi connectivity index (χ2n) is 2.35. The van der Waals surface area contributed by atoms with E-state index >= 15 is 0 Å². The minimum Gasteiger partial charge on any atom is -0.457 e. The fraction of sp³-hybridized carbons (Fsp3) is 0.375. The molecule has 0 aliphatic carbocycles. The summed E-state index contributed by atoms with van der Waals surface area (Å²) in [5, 5.41) is 0. The summed E-state index contributed by atoms with van der Waals surface area (Å²) in [4.78, 5) is 11.0. The highest BCUT2D eigenvalue weighted by Crippen LogP contribution is 2.04. The number of carbonyl (C=O) groups excluding carboxylic acids is 1. The van der Waals surface area contributed by atoms with Gasteiger partial charge in [0.25, 0.3) is 0 Å². The first-order valence-electron chi connectivity index (χ1n) is 3.54. The molecule has 1 rings (SSSR count). The van der Waals surface area contributed by atoms with Crippen LogP contribution in [0.1, 0.15) is 17.5 Å². The Balaban J connectivity index is 2.50. The van der Waals surface area contributed by atoms with E-state index in [-0.39, 0.29) is 5.76 Å². The van der Waals surface area contributed by atoms with Crippen LogP contribution in [0, 0.1) is 0 Å². The fourth-order valence-electron chi connectivity index (χ4n) is 0.667. The fourth-order valence-corrected chi connectivity index (χ4v) is 0.667. The second-order valence-corrected chi connectivity index (χ2v) is 2.35. The van der Waals surface area contributed by atoms with E-state index in [9.17, 15) is 9.18 Å². The first kappa shape index (κ1) is 8.77. The Hall–Kier alpha value is -1.32. The van der Waals surface area contributed by atoms with Gasteiger partial charge in [-0.2, -0.15) is 0 Å². The zero-order valence-electron chi connectivity index (χ0n) is 6.62. The molecule has 1 aromatic heterocycles. The smallest absolute Gasteiger partial charge is 0.374 e. The number of ether oxygens (including phenoxy) is 1. The summed E-state index contributed by atoms with van der Waals surface area (Å²) in [6.45, 7) is 0.785. The molecule has 1 aromatic rings. The number of hydrogen-bond donors (Lipinski definition) is 0. The van der Waals surface area contributed by atoms with E-state index < -0.39 is 18.7 Å². The topological polar surface area (TPSA) is 39.4 Å². The number of furan rings is 1. The van der Waals surface area contributed by atoms with Crippen LogP contribution < -0.4 is 0 Å². The van der Waals surface area contributed by atoms with Gasteiger partial charge in [0.2, 0.25) is 5.76 Å². The zero-order chi connectivity index (χ0) is 8.97. The summed E-state index contributed by atoms with van der Waals surface area (Å²) in [7, 11) is 0. The Morgan fingerprint density at radius 1 is 1.83 bits per heavy atom. The molecule has 1 unspecified atom stereocenters. The van der Waals surface area contributed by atoms with Gasteiger partial charge in [0.15, 0.2) is 0 Å². The van der Waals surface area contributed by atoms with Crippen LogP contribution in [-0.4, -0.2) is 18.7 Å². The maximum Gasteiger partial charge on any atom is 0.374 e. The predicted octanol–water partition coefficient (Wildman–Crippen LogP) is 1.79. The standard InChI is InChI=1S/C8H9FO3/c1-6(5-9)12-8(10)7-3-2-4-11-7/h2-4,6H,5H2,1H3. The lowest BCUT2D eigenvalue weighted by Crippen LogP contribution is -2.16. The van der Waals surface area contributed by atoms with Crippen LogP contribution in [0.25, 0.3) is 0 Å². The Kier molecular flexibility index (Phi) is 2.85. The van der Waals surface area contributed by atoms with Gasteiger partial charge in [0.1, 0.15) is 12.8 Å². The van der Waals surface area contributed by atoms with Crippen LogP contribution >= 0.6 is 0 Å². The number of alkyl halides is 1. The molecule has 0 aromatic carbocycles. The molecule has 0 amide bonds. The van der Waals surface area contributed by atoms with E-state index in [1.54, 1.807) is 6.07 Å². The lowest BCUT2D eigenvalue weighted by atomic mass is 10.4. The minimum atomic E-state index is -0.720. The van der Waals surface area contributed by atoms with E-state index in [2.05, 4.69) is 4.74 Å². The highest BCUT2D eigenvalue weighted by molar-refractivity contribution is 5.86. The van der Waals surface area contributed by atoms with Crippen molar-refractivity contribution >= 4 is 5.97 Å². The molecule has 0 aliphatic heterocycles. The number of hydrogen-bond acceptors (Lipinski definition) is 3. The minimum absolute atomic E-state index is 0.0929. The largest absolute Gasteiger partial charge is 0.457 e. The van der Waals surface area contributed by atoms with Gasteiger partial charge >= 0.3 is 5.97 Å². The average Bonchev–Trinajstić information content (AvgIpc) is 2.56. The summed E-state index contributed by atoms with van der Waals surface area (Å²) >= 11 is 0. The van der Waals surface area contributed by atoms with Gasteiger partial charge in [-0.05, 0) is 19.1 Å². The first-order chi connectivity index (χ1) is 5.74. The molecule has 0 saturated heterocycles. The molecule has 0 spiro atoms. The van der Waals surface area contributed by atoms with Gasteiger partial charge in [0.05, 0.1) is 6.26 Å². The van der Waals surface area contributed by atoms with Crippen molar-refractivity contribution in [3.8, 4) is 0 Å². The van der Waals surface area contributed by atoms with Crippen molar-refractivity contribution in [1.82, 2.24) is 0 Å². The monoisotopic (exact) mass is 172 g/mol. The first-order valence-corrected chi connectivity index (χ1v) is 3.54. The highest BCUT2D eigenvalue weighted by Gasteiger charge is 2.13. The SMILES string of the molecule is CC(CF)OC(=O)c1ccco1. The van der Waals surface area contributed by atoms with Gasteiger partial charge in [-0.25, -0.2) is 9.18 Å². The van der Waals surface area contributed by atoms with Gasteiger partial charge < -0.3 is 9.15 Å². The third kappa shape index (κ3) is 2.08. The predicted molar refractivity (Wildman–Crippen MR) is 39.6 cm³/mol. The third-order valence-electron chi connectivity index (χ3n) is 1.25. The summed E-state index contributed by atoms with van der Waals surface area (Å²) in [5.41, 5.74) is 0. The molecule has 0 aliphatic rings. The van der Waals surface area contributed by atoms with Gasteiger partial charge in [-0.15, -0.1) is 0 Å². The van der Waals surface area contributed by atoms with Crippen LogP contribution in [0.2, 0.25) is 0 Å². The maximum atomic E-state index is 11.9. The lowest BCUT2D eigenvalue weighted by Gasteiger charge is -2.06. The van der Waals surface area contributed by atoms with E-state index in [0.29, 0.717) is 0 Å². The average molecular weight is 172 g/mol. The summed E-state index contributed by atoms with van der Waals surface area (Å²) < 4.78 is 21.3. The lowest BCUT2D eigenvalue weighted by molar-refractivity contribution is 0.0252. The molecule has 4 heteroatoms. The van der Waals surface area contributed by atoms with E-state index in [0.717, 1.165) is 0 Å². The van der Waals surface area contributed by atoms with E-state index in [4.69, 9.17) is 4.42 Å². The quantitative estimate of drug-likeness (QED) is 0.652. The molecule has 3 nitrogen and oxygen atoms in total. The van der Waals surface area contributed by atoms with E-state index in [1.165, 1.54) is 19.3 Å². The number of carbonyl (C=O) groups is 1. The Bertz CT molecular complexity index is 243. The Morgan fingerprint density at radius 3 is 3.08 bits per heavy atom. The summed E-state index contributed by atoms with van der Waals surface area (Å²) in [6.07, 6.45) is 0.638. The van der Waals surface area contributed by atoms with Crippen molar-refractivity contribution in [3.63, 3.8) is 0 Å². The van der Waals surface area contributed by atoms with Crippen LogP contribution in [0.15, 0.2) is 22.8 Å². The van der Waals surface area contributed by atoms with Crippen molar-refractivity contribution in [2.45, 2.75) is 13.0 Å². The van der Waals surface area contributed by atoms with Crippen molar-refractivity contribution < 1.29 is 18.3 Å². The molecule has 0 radical (unpaired) electrons. The summed E-state index contributed by atoms with van der Waals surface area (Å²) in [5.74, 6) is -0.541. The molecule has 66 valence electrons. The summed E-state index contributed by atoms with van der Waals surface area (Å²) in [6, 6.07) is 3.03. The molecule has 1 heterocycles. The van der Waals surface area contributed by atoms with Gasteiger partial charge in [-0.3, -0.25) is 0 Å². The number of esters is 1. The van der Waals surface area contributed by atoms with Gasteiger partial charge in [-0.1, -0.05) is 0 Å². The molecule has 0 N–H and O–H groups in total. The molecular formula is C8H9FO3. The highest BCUT2D eigenvalue weighted by atomic mass is 19.1. The molecule has 12 heavy (non-hydrogen) atoms. The van der Waals surface area contributed by atoms with Crippen LogP contribution in [-0.2, 0) is 4.74 Å². The maximum absolute atomic E-state index is 11.9. The zero-order valence-corrected chi connectivity index (χ0v) is 6.62. The van der Waals surface area contributed by atoms with Crippen molar-refractivity contribution in [2.24, 2.45) is 0 Å². The van der Waals surface area contributed by atoms with Crippen molar-refractivity contribution in [1.29, 1.82) is 0 Å². The molecular weight excluding hydrogens is 163 g/mol. The molecule has 0 bridgehead atoms. The molecule has 0 saturated carbocycles.